The van der Waals surface area contributed by atoms with Crippen molar-refractivity contribution in [2.45, 2.75) is 93.5 Å². The molecule has 8 heterocycles. The lowest BCUT2D eigenvalue weighted by atomic mass is 9.59. The Kier molecular flexibility index (Phi) is 11.8. The lowest BCUT2D eigenvalue weighted by Crippen LogP contribution is -2.55. The first kappa shape index (κ1) is 46.1. The standard InChI is InChI=1S/C52H61N9O9S/c1-32(2)38-6-3-4-7-39(38)41-8-5-15-59(41)36-26-52(27-36)12-16-58(17-13-52)35-9-10-40(42(23-35)60-44-22-33-11-14-53-49(33)55-51(44)70-47-31-68-30-45(47)60)50(62)56-71(65,66)37-24-43(61(63)64)48-46(25-37)69-29-34(54-48)28-57-18-20-67-21-19-57/h3-4,6-7,9-11,14,22-25,32,34,36,41,45,47,54H,5,8,12-13,15-21,26-31H2,1-2H3,(H,53,55)(H,56,62)/t34-,41+,45+,47+/m1/s1. The van der Waals surface area contributed by atoms with Crippen LogP contribution in [-0.4, -0.2) is 136 Å². The van der Waals surface area contributed by atoms with Crippen LogP contribution in [0.1, 0.15) is 85.8 Å². The minimum atomic E-state index is -4.69. The van der Waals surface area contributed by atoms with Crippen molar-refractivity contribution in [3.8, 4) is 11.6 Å². The number of nitro groups is 1. The van der Waals surface area contributed by atoms with E-state index < -0.39 is 37.5 Å². The predicted octanol–water partition coefficient (Wildman–Crippen LogP) is 7.10. The molecule has 19 heteroatoms. The molecule has 2 aromatic heterocycles. The molecule has 1 spiro atoms. The Hall–Kier alpha value is -5.99. The van der Waals surface area contributed by atoms with E-state index in [9.17, 15) is 23.3 Å². The first-order chi connectivity index (χ1) is 34.4. The highest BCUT2D eigenvalue weighted by atomic mass is 32.2. The fraction of sp³-hybridized carbons (Fsp3) is 0.500. The Morgan fingerprint density at radius 2 is 1.77 bits per heavy atom. The number of carbonyl (C=O) groups is 1. The van der Waals surface area contributed by atoms with Gasteiger partial charge in [-0.05, 0) is 97.9 Å². The SMILES string of the molecule is CC(C)c1ccccc1[C@@H]1CCCN1C1CC2(CCN(c3ccc(C(=O)NS(=O)(=O)c4cc5c(c([N+](=O)[O-])c4)N[C@H](CN4CCOCC4)CO5)c(N4c5cc6cc[nH]c6nc5O[C@H]5COC[C@@H]54)c3)CC2)C1. The third-order valence-corrected chi connectivity index (χ3v) is 17.6. The van der Waals surface area contributed by atoms with Gasteiger partial charge in [-0.15, -0.1) is 0 Å². The van der Waals surface area contributed by atoms with Gasteiger partial charge in [-0.1, -0.05) is 38.1 Å². The van der Waals surface area contributed by atoms with Crippen molar-refractivity contribution in [1.29, 1.82) is 0 Å². The van der Waals surface area contributed by atoms with Gasteiger partial charge in [-0.3, -0.25) is 24.7 Å². The average molecular weight is 988 g/mol. The quantitative estimate of drug-likeness (QED) is 0.0895. The van der Waals surface area contributed by atoms with Gasteiger partial charge >= 0.3 is 0 Å². The van der Waals surface area contributed by atoms with E-state index in [-0.39, 0.29) is 41.1 Å². The molecule has 12 rings (SSSR count). The maximum absolute atomic E-state index is 14.7. The van der Waals surface area contributed by atoms with Gasteiger partial charge in [-0.25, -0.2) is 13.1 Å². The summed E-state index contributed by atoms with van der Waals surface area (Å²) in [6.07, 6.45) is 8.31. The number of sulfonamides is 1. The number of likely N-dealkylation sites (tertiary alicyclic amines) is 1. The van der Waals surface area contributed by atoms with Crippen LogP contribution in [0, 0.1) is 15.5 Å². The number of piperidine rings is 1. The number of hydrogen-bond acceptors (Lipinski definition) is 15. The topological polar surface area (TPSA) is 197 Å². The largest absolute Gasteiger partial charge is 0.489 e. The number of aromatic nitrogens is 2. The molecule has 374 valence electrons. The second-order valence-corrected chi connectivity index (χ2v) is 22.5. The number of aromatic amines is 1. The predicted molar refractivity (Wildman–Crippen MR) is 268 cm³/mol. The number of hydrogen-bond donors (Lipinski definition) is 3. The van der Waals surface area contributed by atoms with Gasteiger partial charge in [0.2, 0.25) is 5.88 Å². The summed E-state index contributed by atoms with van der Waals surface area (Å²) in [7, 11) is -4.69. The molecule has 7 aliphatic rings. The molecule has 0 unspecified atom stereocenters. The molecule has 5 fully saturated rings. The van der Waals surface area contributed by atoms with Gasteiger partial charge in [0.25, 0.3) is 21.6 Å². The first-order valence-corrected chi connectivity index (χ1v) is 26.7. The van der Waals surface area contributed by atoms with Crippen LogP contribution >= 0.6 is 0 Å². The number of anilines is 4. The maximum Gasteiger partial charge on any atom is 0.297 e. The maximum atomic E-state index is 14.7. The zero-order valence-corrected chi connectivity index (χ0v) is 41.0. The van der Waals surface area contributed by atoms with E-state index in [0.29, 0.717) is 73.9 Å². The van der Waals surface area contributed by atoms with Gasteiger partial charge in [0.05, 0.1) is 59.6 Å². The molecule has 0 bridgehead atoms. The van der Waals surface area contributed by atoms with Crippen LogP contribution < -0.4 is 29.3 Å². The van der Waals surface area contributed by atoms with Gasteiger partial charge in [0, 0.05) is 74.2 Å². The third kappa shape index (κ3) is 8.52. The van der Waals surface area contributed by atoms with E-state index in [0.717, 1.165) is 62.7 Å². The Bertz CT molecular complexity index is 2980. The van der Waals surface area contributed by atoms with Crippen molar-refractivity contribution in [2.75, 3.05) is 87.4 Å². The Balaban J connectivity index is 0.823. The summed E-state index contributed by atoms with van der Waals surface area (Å²) in [5.74, 6) is -0.0278. The molecule has 4 atom stereocenters. The smallest absolute Gasteiger partial charge is 0.297 e. The number of ether oxygens (including phenoxy) is 4. The number of benzene rings is 3. The minimum absolute atomic E-state index is 0.0180. The van der Waals surface area contributed by atoms with E-state index in [2.05, 4.69) is 67.8 Å². The zero-order valence-electron chi connectivity index (χ0n) is 40.2. The molecule has 6 aliphatic heterocycles. The van der Waals surface area contributed by atoms with Gasteiger partial charge < -0.3 is 39.0 Å². The lowest BCUT2D eigenvalue weighted by molar-refractivity contribution is -0.384. The summed E-state index contributed by atoms with van der Waals surface area (Å²) in [6.45, 7) is 11.4. The summed E-state index contributed by atoms with van der Waals surface area (Å²) >= 11 is 0. The highest BCUT2D eigenvalue weighted by Crippen LogP contribution is 2.55. The van der Waals surface area contributed by atoms with Crippen LogP contribution in [0.25, 0.3) is 11.0 Å². The van der Waals surface area contributed by atoms with Crippen LogP contribution in [0.3, 0.4) is 0 Å². The number of morpholine rings is 1. The van der Waals surface area contributed by atoms with Crippen molar-refractivity contribution in [3.05, 3.63) is 99.7 Å². The van der Waals surface area contributed by atoms with E-state index in [1.807, 2.05) is 29.2 Å². The van der Waals surface area contributed by atoms with Crippen LogP contribution in [0.4, 0.5) is 28.4 Å². The fourth-order valence-electron chi connectivity index (χ4n) is 12.6. The summed E-state index contributed by atoms with van der Waals surface area (Å²) in [4.78, 5) is 43.5. The van der Waals surface area contributed by atoms with Crippen molar-refractivity contribution in [3.63, 3.8) is 0 Å². The van der Waals surface area contributed by atoms with E-state index in [1.165, 1.54) is 42.9 Å². The summed E-state index contributed by atoms with van der Waals surface area (Å²) in [5.41, 5.74) is 5.61. The number of H-pyrrole nitrogens is 1. The normalized spacial score (nSPS) is 24.4. The highest BCUT2D eigenvalue weighted by Gasteiger charge is 2.50. The van der Waals surface area contributed by atoms with Gasteiger partial charge in [0.15, 0.2) is 11.4 Å². The number of nitro benzene ring substituents is 1. The van der Waals surface area contributed by atoms with Crippen LogP contribution in [0.2, 0.25) is 0 Å². The van der Waals surface area contributed by atoms with E-state index in [1.54, 1.807) is 12.3 Å². The second-order valence-electron chi connectivity index (χ2n) is 20.9. The fourth-order valence-corrected chi connectivity index (χ4v) is 13.6. The monoisotopic (exact) mass is 987 g/mol. The molecular formula is C52H61N9O9S. The minimum Gasteiger partial charge on any atom is -0.489 e. The molecular weight excluding hydrogens is 927 g/mol. The molecule has 1 saturated carbocycles. The molecule has 0 radical (unpaired) electrons. The molecule has 3 N–H and O–H groups in total. The van der Waals surface area contributed by atoms with Crippen molar-refractivity contribution >= 4 is 55.4 Å². The van der Waals surface area contributed by atoms with Crippen LogP contribution in [0.15, 0.2) is 77.8 Å². The summed E-state index contributed by atoms with van der Waals surface area (Å²) in [5, 5.41) is 16.6. The number of nitrogens with zero attached hydrogens (tertiary/aromatic N) is 6. The van der Waals surface area contributed by atoms with Crippen molar-refractivity contribution in [1.82, 2.24) is 24.5 Å². The van der Waals surface area contributed by atoms with Crippen molar-refractivity contribution < 1.29 is 37.1 Å². The molecule has 1 aliphatic carbocycles. The molecule has 4 saturated heterocycles. The number of fused-ring (bicyclic) bond motifs is 4. The van der Waals surface area contributed by atoms with Gasteiger partial charge in [0.1, 0.15) is 24.0 Å². The van der Waals surface area contributed by atoms with Gasteiger partial charge in [-0.2, -0.15) is 4.98 Å². The summed E-state index contributed by atoms with van der Waals surface area (Å²) in [6, 6.07) is 21.1. The number of carbonyl (C=O) groups excluding carboxylic acids is 1. The van der Waals surface area contributed by atoms with Crippen molar-refractivity contribution in [2.24, 2.45) is 5.41 Å². The Morgan fingerprint density at radius 3 is 2.58 bits per heavy atom. The lowest BCUT2D eigenvalue weighted by Gasteiger charge is -2.56. The number of rotatable bonds is 11. The van der Waals surface area contributed by atoms with E-state index >= 15 is 0 Å². The molecule has 3 aromatic carbocycles. The third-order valence-electron chi connectivity index (χ3n) is 16.2. The number of amides is 1. The van der Waals surface area contributed by atoms with E-state index in [4.69, 9.17) is 23.9 Å². The molecule has 71 heavy (non-hydrogen) atoms. The number of pyridine rings is 1. The molecule has 18 nitrogen and oxygen atoms in total. The second kappa shape index (κ2) is 18.2. The number of nitrogens with one attached hydrogen (secondary N) is 3. The first-order valence-electron chi connectivity index (χ1n) is 25.2. The van der Waals surface area contributed by atoms with Crippen LogP contribution in [0.5, 0.6) is 11.6 Å². The average Bonchev–Trinajstić information content (AvgIpc) is 4.16. The zero-order chi connectivity index (χ0) is 48.6. The Morgan fingerprint density at radius 1 is 0.958 bits per heavy atom. The molecule has 1 amide bonds. The molecule has 5 aromatic rings. The highest BCUT2D eigenvalue weighted by molar-refractivity contribution is 7.90. The summed E-state index contributed by atoms with van der Waals surface area (Å²) < 4.78 is 54.8. The Labute approximate surface area is 413 Å². The van der Waals surface area contributed by atoms with Crippen LogP contribution in [-0.2, 0) is 19.5 Å².